The van der Waals surface area contributed by atoms with E-state index in [-0.39, 0.29) is 0 Å². The zero-order valence-electron chi connectivity index (χ0n) is 8.47. The average Bonchev–Trinajstić information content (AvgIpc) is 2.12. The van der Waals surface area contributed by atoms with E-state index in [1.165, 1.54) is 25.7 Å². The lowest BCUT2D eigenvalue weighted by Gasteiger charge is -2.18. The molecule has 0 aliphatic rings. The summed E-state index contributed by atoms with van der Waals surface area (Å²) in [6, 6.07) is 1.93. The zero-order valence-corrected chi connectivity index (χ0v) is 9.47. The number of hydrogen-bond donors (Lipinski definition) is 1. The molecule has 12 heavy (non-hydrogen) atoms. The van der Waals surface area contributed by atoms with Crippen LogP contribution in [0.2, 0.25) is 12.1 Å². The van der Waals surface area contributed by atoms with Gasteiger partial charge in [-0.15, -0.1) is 6.58 Å². The van der Waals surface area contributed by atoms with E-state index < -0.39 is 8.32 Å². The first-order valence-electron chi connectivity index (χ1n) is 5.04. The topological polar surface area (TPSA) is 20.2 Å². The predicted octanol–water partition coefficient (Wildman–Crippen LogP) is 3.25. The molecule has 1 unspecified atom stereocenters. The highest BCUT2D eigenvalue weighted by Crippen LogP contribution is 2.17. The van der Waals surface area contributed by atoms with Gasteiger partial charge >= 0.3 is 0 Å². The van der Waals surface area contributed by atoms with Gasteiger partial charge in [0.25, 0.3) is 0 Å². The Morgan fingerprint density at radius 1 is 1.25 bits per heavy atom. The van der Waals surface area contributed by atoms with E-state index in [2.05, 4.69) is 20.4 Å². The lowest BCUT2D eigenvalue weighted by molar-refractivity contribution is 0.536. The van der Waals surface area contributed by atoms with Crippen molar-refractivity contribution in [1.82, 2.24) is 0 Å². The van der Waals surface area contributed by atoms with Gasteiger partial charge in [0, 0.05) is 0 Å². The van der Waals surface area contributed by atoms with Crippen molar-refractivity contribution < 1.29 is 4.80 Å². The Balaban J connectivity index is 3.51. The molecule has 0 aromatic rings. The predicted molar refractivity (Wildman–Crippen MR) is 57.6 cm³/mol. The Kier molecular flexibility index (Phi) is 6.39. The second-order valence-corrected chi connectivity index (χ2v) is 7.29. The molecular formula is C10H22OSi. The van der Waals surface area contributed by atoms with Crippen molar-refractivity contribution >= 4 is 8.32 Å². The first-order chi connectivity index (χ1) is 5.68. The van der Waals surface area contributed by atoms with Crippen molar-refractivity contribution in [1.29, 1.82) is 0 Å². The van der Waals surface area contributed by atoms with Crippen LogP contribution >= 0.6 is 0 Å². The number of rotatable bonds is 7. The van der Waals surface area contributed by atoms with Crippen LogP contribution in [0.4, 0.5) is 0 Å². The Morgan fingerprint density at radius 2 is 1.92 bits per heavy atom. The number of unbranched alkanes of at least 4 members (excludes halogenated alkanes) is 3. The maximum atomic E-state index is 9.95. The maximum Gasteiger partial charge on any atom is 0.212 e. The summed E-state index contributed by atoms with van der Waals surface area (Å²) < 4.78 is 0. The highest BCUT2D eigenvalue weighted by atomic mass is 28.4. The van der Waals surface area contributed by atoms with Gasteiger partial charge in [0.1, 0.15) is 0 Å². The molecule has 0 saturated heterocycles. The number of hydrogen-bond acceptors (Lipinski definition) is 1. The fourth-order valence-corrected chi connectivity index (χ4v) is 2.99. The van der Waals surface area contributed by atoms with Crippen LogP contribution in [0, 0.1) is 0 Å². The maximum absolute atomic E-state index is 9.95. The van der Waals surface area contributed by atoms with E-state index in [1.54, 1.807) is 0 Å². The van der Waals surface area contributed by atoms with E-state index >= 15 is 0 Å². The second-order valence-electron chi connectivity index (χ2n) is 3.47. The third-order valence-electron chi connectivity index (χ3n) is 2.46. The van der Waals surface area contributed by atoms with Crippen LogP contribution in [0.15, 0.2) is 12.3 Å². The summed E-state index contributed by atoms with van der Waals surface area (Å²) in [5.41, 5.74) is 1.82. The van der Waals surface area contributed by atoms with Crippen molar-refractivity contribution in [3.05, 3.63) is 12.3 Å². The van der Waals surface area contributed by atoms with E-state index in [0.717, 1.165) is 12.1 Å². The highest BCUT2D eigenvalue weighted by Gasteiger charge is 2.23. The summed E-state index contributed by atoms with van der Waals surface area (Å²) in [4.78, 5) is 9.95. The van der Waals surface area contributed by atoms with Crippen LogP contribution in [0.5, 0.6) is 0 Å². The van der Waals surface area contributed by atoms with Crippen molar-refractivity contribution in [2.45, 2.75) is 51.6 Å². The molecule has 0 aromatic carbocycles. The molecule has 1 atom stereocenters. The molecule has 0 amide bonds. The zero-order chi connectivity index (χ0) is 9.45. The molecular weight excluding hydrogens is 164 g/mol. The van der Waals surface area contributed by atoms with Crippen molar-refractivity contribution in [3.8, 4) is 0 Å². The van der Waals surface area contributed by atoms with Crippen LogP contribution in [0.25, 0.3) is 0 Å². The molecule has 0 fully saturated rings. The lowest BCUT2D eigenvalue weighted by atomic mass is 10.2. The largest absolute Gasteiger partial charge is 0.428 e. The summed E-state index contributed by atoms with van der Waals surface area (Å²) in [7, 11) is -1.98. The van der Waals surface area contributed by atoms with Gasteiger partial charge in [-0.1, -0.05) is 45.2 Å². The standard InChI is InChI=1S/C10H22OSi/c1-4-7-8-9-10-12(11,5-2)6-3/h5,11H,2,4,6-10H2,1,3H3. The smallest absolute Gasteiger partial charge is 0.212 e. The van der Waals surface area contributed by atoms with Crippen molar-refractivity contribution in [2.24, 2.45) is 0 Å². The molecule has 0 aliphatic carbocycles. The normalized spacial score (nSPS) is 15.6. The molecule has 0 aliphatic heterocycles. The molecule has 0 saturated carbocycles. The molecule has 1 N–H and O–H groups in total. The molecule has 0 aromatic heterocycles. The van der Waals surface area contributed by atoms with E-state index in [4.69, 9.17) is 0 Å². The van der Waals surface area contributed by atoms with Gasteiger partial charge in [-0.05, 0) is 12.1 Å². The minimum atomic E-state index is -1.98. The van der Waals surface area contributed by atoms with E-state index in [9.17, 15) is 4.80 Å². The molecule has 0 rings (SSSR count). The molecule has 2 heteroatoms. The van der Waals surface area contributed by atoms with E-state index in [0.29, 0.717) is 0 Å². The Labute approximate surface area is 77.6 Å². The molecule has 0 heterocycles. The van der Waals surface area contributed by atoms with Gasteiger partial charge in [0.15, 0.2) is 0 Å². The van der Waals surface area contributed by atoms with Crippen LogP contribution in [0.1, 0.15) is 39.5 Å². The Morgan fingerprint density at radius 3 is 2.33 bits per heavy atom. The van der Waals surface area contributed by atoms with Crippen LogP contribution in [-0.2, 0) is 0 Å². The van der Waals surface area contributed by atoms with Gasteiger partial charge in [-0.3, -0.25) is 0 Å². The molecule has 1 nitrogen and oxygen atoms in total. The average molecular weight is 186 g/mol. The summed E-state index contributed by atoms with van der Waals surface area (Å²) in [5, 5.41) is 0. The fourth-order valence-electron chi connectivity index (χ4n) is 1.28. The lowest BCUT2D eigenvalue weighted by Crippen LogP contribution is -2.30. The van der Waals surface area contributed by atoms with Crippen molar-refractivity contribution in [2.75, 3.05) is 0 Å². The Bertz CT molecular complexity index is 125. The van der Waals surface area contributed by atoms with Gasteiger partial charge < -0.3 is 4.80 Å². The van der Waals surface area contributed by atoms with E-state index in [1.807, 2.05) is 5.70 Å². The monoisotopic (exact) mass is 186 g/mol. The van der Waals surface area contributed by atoms with Crippen LogP contribution < -0.4 is 0 Å². The van der Waals surface area contributed by atoms with Crippen molar-refractivity contribution in [3.63, 3.8) is 0 Å². The molecule has 72 valence electrons. The molecule has 0 radical (unpaired) electrons. The minimum absolute atomic E-state index is 0.919. The second kappa shape index (κ2) is 6.43. The fraction of sp³-hybridized carbons (Fsp3) is 0.800. The third kappa shape index (κ3) is 4.73. The van der Waals surface area contributed by atoms with Gasteiger partial charge in [-0.2, -0.15) is 0 Å². The van der Waals surface area contributed by atoms with Crippen LogP contribution in [-0.4, -0.2) is 13.1 Å². The third-order valence-corrected chi connectivity index (χ3v) is 5.66. The minimum Gasteiger partial charge on any atom is -0.428 e. The van der Waals surface area contributed by atoms with Gasteiger partial charge in [0.05, 0.1) is 0 Å². The summed E-state index contributed by atoms with van der Waals surface area (Å²) in [6.45, 7) is 7.98. The quantitative estimate of drug-likeness (QED) is 0.478. The SMILES string of the molecule is C=C[Si](O)(CC)CCCCCC. The van der Waals surface area contributed by atoms with Gasteiger partial charge in [0.2, 0.25) is 8.32 Å². The first kappa shape index (κ1) is 11.9. The Hall–Kier alpha value is -0.0831. The summed E-state index contributed by atoms with van der Waals surface area (Å²) in [5.74, 6) is 0. The summed E-state index contributed by atoms with van der Waals surface area (Å²) in [6.07, 6.45) is 5.00. The van der Waals surface area contributed by atoms with Gasteiger partial charge in [-0.25, -0.2) is 0 Å². The first-order valence-corrected chi connectivity index (χ1v) is 7.48. The van der Waals surface area contributed by atoms with Crippen LogP contribution in [0.3, 0.4) is 0 Å². The molecule has 0 bridgehead atoms. The highest BCUT2D eigenvalue weighted by molar-refractivity contribution is 6.77. The summed E-state index contributed by atoms with van der Waals surface area (Å²) >= 11 is 0. The molecule has 0 spiro atoms.